The molecular weight excluding hydrogens is 302 g/mol. The van der Waals surface area contributed by atoms with Crippen LogP contribution in [0.4, 0.5) is 0 Å². The minimum Gasteiger partial charge on any atom is -0.481 e. The van der Waals surface area contributed by atoms with Crippen LogP contribution in [0.2, 0.25) is 0 Å². The smallest absolute Gasteiger partial charge is 0.306 e. The van der Waals surface area contributed by atoms with Crippen LogP contribution in [0, 0.1) is 6.92 Å². The van der Waals surface area contributed by atoms with E-state index in [9.17, 15) is 14.4 Å². The van der Waals surface area contributed by atoms with E-state index in [0.29, 0.717) is 42.9 Å². The molecule has 3 rings (SSSR count). The van der Waals surface area contributed by atoms with Gasteiger partial charge in [0.05, 0.1) is 24.7 Å². The first-order valence-electron chi connectivity index (χ1n) is 7.75. The maximum absolute atomic E-state index is 12.7. The van der Waals surface area contributed by atoms with E-state index < -0.39 is 12.1 Å². The van der Waals surface area contributed by atoms with E-state index in [1.165, 1.54) is 0 Å². The average Bonchev–Trinajstić information content (AvgIpc) is 2.84. The highest BCUT2D eigenvalue weighted by molar-refractivity contribution is 6.03. The molecule has 0 aromatic carbocycles. The summed E-state index contributed by atoms with van der Waals surface area (Å²) in [6.07, 6.45) is 1.23. The standard InChI is InChI=1S/C16H19NO6/c1-9-14-11(18)3-2-4-12(14)23-15(9)16(21)17-5-6-22-10(8-17)7-13(19)20/h10H,2-8H2,1H3,(H,19,20)/t10-/m0/s1. The van der Waals surface area contributed by atoms with Gasteiger partial charge in [-0.05, 0) is 13.3 Å². The van der Waals surface area contributed by atoms with Crippen LogP contribution in [0.25, 0.3) is 0 Å². The van der Waals surface area contributed by atoms with Gasteiger partial charge in [0.2, 0.25) is 0 Å². The van der Waals surface area contributed by atoms with Crippen molar-refractivity contribution in [2.45, 2.75) is 38.7 Å². The van der Waals surface area contributed by atoms with Gasteiger partial charge in [-0.15, -0.1) is 0 Å². The maximum atomic E-state index is 12.7. The van der Waals surface area contributed by atoms with Crippen molar-refractivity contribution in [1.82, 2.24) is 4.90 Å². The Balaban J connectivity index is 1.80. The number of rotatable bonds is 3. The summed E-state index contributed by atoms with van der Waals surface area (Å²) in [6.45, 7) is 2.62. The first kappa shape index (κ1) is 15.7. The maximum Gasteiger partial charge on any atom is 0.306 e. The van der Waals surface area contributed by atoms with E-state index in [-0.39, 0.29) is 30.4 Å². The second-order valence-electron chi connectivity index (χ2n) is 5.97. The van der Waals surface area contributed by atoms with Crippen LogP contribution in [0.1, 0.15) is 51.5 Å². The molecule has 1 aromatic rings. The minimum absolute atomic E-state index is 0.0253. The van der Waals surface area contributed by atoms with Crippen molar-refractivity contribution in [3.63, 3.8) is 0 Å². The fraction of sp³-hybridized carbons (Fsp3) is 0.562. The topological polar surface area (TPSA) is 97.1 Å². The summed E-state index contributed by atoms with van der Waals surface area (Å²) >= 11 is 0. The Hall–Kier alpha value is -2.15. The van der Waals surface area contributed by atoms with E-state index >= 15 is 0 Å². The Labute approximate surface area is 133 Å². The Morgan fingerprint density at radius 1 is 1.35 bits per heavy atom. The first-order valence-corrected chi connectivity index (χ1v) is 7.75. The molecule has 0 radical (unpaired) electrons. The lowest BCUT2D eigenvalue weighted by Crippen LogP contribution is -2.46. The molecular formula is C16H19NO6. The number of hydrogen-bond donors (Lipinski definition) is 1. The number of nitrogens with zero attached hydrogens (tertiary/aromatic N) is 1. The van der Waals surface area contributed by atoms with Crippen LogP contribution in [0.3, 0.4) is 0 Å². The molecule has 1 atom stereocenters. The van der Waals surface area contributed by atoms with Gasteiger partial charge < -0.3 is 19.2 Å². The van der Waals surface area contributed by atoms with Crippen molar-refractivity contribution in [2.24, 2.45) is 0 Å². The molecule has 1 fully saturated rings. The van der Waals surface area contributed by atoms with Crippen molar-refractivity contribution in [1.29, 1.82) is 0 Å². The predicted molar refractivity (Wildman–Crippen MR) is 78.6 cm³/mol. The summed E-state index contributed by atoms with van der Waals surface area (Å²) in [5.74, 6) is -0.445. The molecule has 1 N–H and O–H groups in total. The normalized spacial score (nSPS) is 21.2. The van der Waals surface area contributed by atoms with E-state index in [1.54, 1.807) is 11.8 Å². The number of Topliss-reactive ketones (excluding diaryl/α,β-unsaturated/α-hetero) is 1. The molecule has 1 saturated heterocycles. The van der Waals surface area contributed by atoms with Crippen molar-refractivity contribution >= 4 is 17.7 Å². The Morgan fingerprint density at radius 3 is 2.83 bits per heavy atom. The third-order valence-corrected chi connectivity index (χ3v) is 4.33. The van der Waals surface area contributed by atoms with Gasteiger partial charge in [0.25, 0.3) is 5.91 Å². The Bertz CT molecular complexity index is 662. The number of furan rings is 1. The van der Waals surface area contributed by atoms with Gasteiger partial charge in [0.15, 0.2) is 11.5 Å². The molecule has 23 heavy (non-hydrogen) atoms. The molecule has 2 heterocycles. The molecule has 124 valence electrons. The van der Waals surface area contributed by atoms with Crippen LogP contribution in [-0.2, 0) is 16.0 Å². The largest absolute Gasteiger partial charge is 0.481 e. The van der Waals surface area contributed by atoms with Crippen LogP contribution >= 0.6 is 0 Å². The van der Waals surface area contributed by atoms with Gasteiger partial charge in [0, 0.05) is 31.5 Å². The van der Waals surface area contributed by atoms with Crippen LogP contribution < -0.4 is 0 Å². The second kappa shape index (κ2) is 6.16. The van der Waals surface area contributed by atoms with Crippen molar-refractivity contribution in [3.05, 3.63) is 22.6 Å². The molecule has 1 amide bonds. The van der Waals surface area contributed by atoms with Gasteiger partial charge >= 0.3 is 5.97 Å². The second-order valence-corrected chi connectivity index (χ2v) is 5.97. The Morgan fingerprint density at radius 2 is 2.13 bits per heavy atom. The fourth-order valence-corrected chi connectivity index (χ4v) is 3.22. The summed E-state index contributed by atoms with van der Waals surface area (Å²) in [6, 6.07) is 0. The number of fused-ring (bicyclic) bond motifs is 1. The van der Waals surface area contributed by atoms with Crippen LogP contribution in [0.5, 0.6) is 0 Å². The molecule has 2 aliphatic rings. The van der Waals surface area contributed by atoms with E-state index in [1.807, 2.05) is 0 Å². The van der Waals surface area contributed by atoms with Gasteiger partial charge in [-0.1, -0.05) is 0 Å². The highest BCUT2D eigenvalue weighted by Crippen LogP contribution is 2.30. The highest BCUT2D eigenvalue weighted by atomic mass is 16.5. The number of carbonyl (C=O) groups is 3. The van der Waals surface area contributed by atoms with Crippen molar-refractivity contribution < 1.29 is 28.6 Å². The quantitative estimate of drug-likeness (QED) is 0.904. The lowest BCUT2D eigenvalue weighted by molar-refractivity contribution is -0.141. The number of morpholine rings is 1. The van der Waals surface area contributed by atoms with Crippen LogP contribution in [0.15, 0.2) is 4.42 Å². The molecule has 0 saturated carbocycles. The molecule has 0 unspecified atom stereocenters. The SMILES string of the molecule is Cc1c(C(=O)N2CCO[C@@H](CC(=O)O)C2)oc2c1C(=O)CCC2. The first-order chi connectivity index (χ1) is 11.0. The zero-order chi connectivity index (χ0) is 16.6. The molecule has 7 nitrogen and oxygen atoms in total. The lowest BCUT2D eigenvalue weighted by atomic mass is 9.94. The molecule has 7 heteroatoms. The third kappa shape index (κ3) is 3.01. The van der Waals surface area contributed by atoms with E-state index in [0.717, 1.165) is 6.42 Å². The zero-order valence-electron chi connectivity index (χ0n) is 13.0. The predicted octanol–water partition coefficient (Wildman–Crippen LogP) is 1.42. The Kier molecular flexibility index (Phi) is 4.21. The highest BCUT2D eigenvalue weighted by Gasteiger charge is 2.33. The van der Waals surface area contributed by atoms with Gasteiger partial charge in [-0.25, -0.2) is 0 Å². The number of aliphatic carboxylic acids is 1. The van der Waals surface area contributed by atoms with Crippen molar-refractivity contribution in [3.8, 4) is 0 Å². The van der Waals surface area contributed by atoms with Gasteiger partial charge in [-0.2, -0.15) is 0 Å². The molecule has 1 aromatic heterocycles. The van der Waals surface area contributed by atoms with Crippen molar-refractivity contribution in [2.75, 3.05) is 19.7 Å². The number of hydrogen-bond acceptors (Lipinski definition) is 5. The lowest BCUT2D eigenvalue weighted by Gasteiger charge is -2.31. The zero-order valence-corrected chi connectivity index (χ0v) is 13.0. The summed E-state index contributed by atoms with van der Waals surface area (Å²) in [4.78, 5) is 37.1. The number of amides is 1. The number of carboxylic acids is 1. The van der Waals surface area contributed by atoms with Crippen LogP contribution in [-0.4, -0.2) is 53.5 Å². The summed E-state index contributed by atoms with van der Waals surface area (Å²) in [7, 11) is 0. The minimum atomic E-state index is -0.959. The monoisotopic (exact) mass is 321 g/mol. The summed E-state index contributed by atoms with van der Waals surface area (Å²) in [5.41, 5.74) is 1.14. The summed E-state index contributed by atoms with van der Waals surface area (Å²) < 4.78 is 11.0. The molecule has 1 aliphatic heterocycles. The fourth-order valence-electron chi connectivity index (χ4n) is 3.22. The molecule has 0 spiro atoms. The van der Waals surface area contributed by atoms with E-state index in [4.69, 9.17) is 14.3 Å². The number of aryl methyl sites for hydroxylation is 1. The number of ether oxygens (including phenoxy) is 1. The molecule has 0 bridgehead atoms. The summed E-state index contributed by atoms with van der Waals surface area (Å²) in [5, 5.41) is 8.85. The van der Waals surface area contributed by atoms with Gasteiger partial charge in [-0.3, -0.25) is 14.4 Å². The third-order valence-electron chi connectivity index (χ3n) is 4.33. The number of carboxylic acid groups (broad SMARTS) is 1. The average molecular weight is 321 g/mol. The number of carbonyl (C=O) groups excluding carboxylic acids is 2. The van der Waals surface area contributed by atoms with Gasteiger partial charge in [0.1, 0.15) is 5.76 Å². The number of ketones is 1. The molecule has 1 aliphatic carbocycles. The van der Waals surface area contributed by atoms with E-state index in [2.05, 4.69) is 0 Å².